The molecule has 2 aromatic carbocycles. The molecule has 0 radical (unpaired) electrons. The van der Waals surface area contributed by atoms with Crippen LogP contribution in [0.5, 0.6) is 0 Å². The Labute approximate surface area is 189 Å². The van der Waals surface area contributed by atoms with Crippen molar-refractivity contribution in [1.29, 1.82) is 0 Å². The number of nitrogens with zero attached hydrogens (tertiary/aromatic N) is 2. The third-order valence-corrected chi connectivity index (χ3v) is 6.23. The van der Waals surface area contributed by atoms with Crippen LogP contribution in [0.25, 0.3) is 11.3 Å². The van der Waals surface area contributed by atoms with Crippen LogP contribution >= 0.6 is 0 Å². The van der Waals surface area contributed by atoms with E-state index in [1.165, 1.54) is 5.56 Å². The minimum atomic E-state index is -0.780. The van der Waals surface area contributed by atoms with Gasteiger partial charge in [-0.3, -0.25) is 4.79 Å². The zero-order chi connectivity index (χ0) is 22.4. The predicted octanol–water partition coefficient (Wildman–Crippen LogP) is 2.98. The van der Waals surface area contributed by atoms with Gasteiger partial charge in [-0.05, 0) is 42.5 Å². The van der Waals surface area contributed by atoms with Gasteiger partial charge in [0.1, 0.15) is 5.82 Å². The third kappa shape index (κ3) is 5.52. The first-order chi connectivity index (χ1) is 15.5. The molecule has 1 amide bonds. The van der Waals surface area contributed by atoms with Crippen LogP contribution in [-0.4, -0.2) is 41.0 Å². The normalized spacial score (nSPS) is 15.9. The Balaban J connectivity index is 1.23. The molecule has 0 bridgehead atoms. The topological polar surface area (TPSA) is 97.3 Å². The molecule has 6 nitrogen and oxygen atoms in total. The molecule has 0 aliphatic carbocycles. The van der Waals surface area contributed by atoms with Crippen molar-refractivity contribution in [2.45, 2.75) is 31.3 Å². The van der Waals surface area contributed by atoms with E-state index in [0.717, 1.165) is 42.9 Å². The molecule has 0 unspecified atom stereocenters. The summed E-state index contributed by atoms with van der Waals surface area (Å²) in [6.07, 6.45) is 2.31. The minimum absolute atomic E-state index is 0.0493. The molecule has 5 N–H and O–H groups in total. The van der Waals surface area contributed by atoms with Gasteiger partial charge in [0.15, 0.2) is 0 Å². The van der Waals surface area contributed by atoms with Crippen molar-refractivity contribution < 1.29 is 4.79 Å². The van der Waals surface area contributed by atoms with Crippen molar-refractivity contribution in [3.63, 3.8) is 0 Å². The summed E-state index contributed by atoms with van der Waals surface area (Å²) in [5, 5.41) is 3.01. The first-order valence-corrected chi connectivity index (χ1v) is 11.2. The van der Waals surface area contributed by atoms with Gasteiger partial charge in [0, 0.05) is 31.7 Å². The summed E-state index contributed by atoms with van der Waals surface area (Å²) in [7, 11) is 0. The molecule has 1 aromatic heterocycles. The van der Waals surface area contributed by atoms with Crippen LogP contribution in [0.2, 0.25) is 0 Å². The van der Waals surface area contributed by atoms with Gasteiger partial charge in [-0.15, -0.1) is 0 Å². The van der Waals surface area contributed by atoms with Crippen LogP contribution in [0, 0.1) is 0 Å². The fourth-order valence-corrected chi connectivity index (χ4v) is 4.10. The maximum atomic E-state index is 12.7. The van der Waals surface area contributed by atoms with E-state index in [1.54, 1.807) is 6.07 Å². The number of nitrogens with two attached hydrogens (primary N) is 2. The molecule has 0 saturated carbocycles. The Hall–Kier alpha value is -3.22. The number of carbonyl (C=O) groups is 1. The number of pyridine rings is 1. The monoisotopic (exact) mass is 429 g/mol. The number of amides is 1. The van der Waals surface area contributed by atoms with Gasteiger partial charge in [-0.25, -0.2) is 4.98 Å². The second-order valence-corrected chi connectivity index (χ2v) is 8.56. The molecule has 6 heteroatoms. The van der Waals surface area contributed by atoms with Crippen molar-refractivity contribution in [3.05, 3.63) is 83.9 Å². The van der Waals surface area contributed by atoms with Crippen LogP contribution in [0.3, 0.4) is 0 Å². The quantitative estimate of drug-likeness (QED) is 0.536. The van der Waals surface area contributed by atoms with Gasteiger partial charge in [-0.2, -0.15) is 0 Å². The van der Waals surface area contributed by atoms with Crippen molar-refractivity contribution >= 4 is 11.7 Å². The molecule has 32 heavy (non-hydrogen) atoms. The summed E-state index contributed by atoms with van der Waals surface area (Å²) in [6, 6.07) is 24.1. The van der Waals surface area contributed by atoms with E-state index < -0.39 is 5.54 Å². The highest BCUT2D eigenvalue weighted by Crippen LogP contribution is 2.22. The van der Waals surface area contributed by atoms with E-state index in [4.69, 9.17) is 11.5 Å². The summed E-state index contributed by atoms with van der Waals surface area (Å²) >= 11 is 0. The first kappa shape index (κ1) is 22.0. The lowest BCUT2D eigenvalue weighted by atomic mass is 9.87. The third-order valence-electron chi connectivity index (χ3n) is 6.23. The van der Waals surface area contributed by atoms with Gasteiger partial charge in [0.25, 0.3) is 0 Å². The fraction of sp³-hybridized carbons (Fsp3) is 0.308. The molecule has 0 spiro atoms. The van der Waals surface area contributed by atoms with E-state index in [-0.39, 0.29) is 5.91 Å². The van der Waals surface area contributed by atoms with Gasteiger partial charge < -0.3 is 21.7 Å². The Morgan fingerprint density at radius 3 is 2.34 bits per heavy atom. The molecule has 0 atom stereocenters. The van der Waals surface area contributed by atoms with Gasteiger partial charge >= 0.3 is 0 Å². The summed E-state index contributed by atoms with van der Waals surface area (Å²) < 4.78 is 0. The SMILES string of the molecule is Nc1cccc(-c2ccc(CCN3CCC(N)(C(=O)NCc4ccccc4)CC3)cc2)n1. The van der Waals surface area contributed by atoms with E-state index in [0.29, 0.717) is 25.2 Å². The number of carbonyl (C=O) groups excluding carboxylic acids is 1. The number of anilines is 1. The molecule has 4 rings (SSSR count). The van der Waals surface area contributed by atoms with E-state index >= 15 is 0 Å². The van der Waals surface area contributed by atoms with Crippen LogP contribution in [0.4, 0.5) is 5.82 Å². The molecule has 166 valence electrons. The number of nitrogens with one attached hydrogen (secondary N) is 1. The van der Waals surface area contributed by atoms with Crippen LogP contribution < -0.4 is 16.8 Å². The molecule has 1 fully saturated rings. The number of hydrogen-bond donors (Lipinski definition) is 3. The lowest BCUT2D eigenvalue weighted by molar-refractivity contribution is -0.128. The van der Waals surface area contributed by atoms with Crippen LogP contribution in [0.15, 0.2) is 72.8 Å². The second kappa shape index (κ2) is 9.94. The smallest absolute Gasteiger partial charge is 0.240 e. The Kier molecular flexibility index (Phi) is 6.83. The van der Waals surface area contributed by atoms with E-state index in [2.05, 4.69) is 39.5 Å². The lowest BCUT2D eigenvalue weighted by Crippen LogP contribution is -2.59. The highest BCUT2D eigenvalue weighted by Gasteiger charge is 2.37. The maximum absolute atomic E-state index is 12.7. The van der Waals surface area contributed by atoms with Crippen molar-refractivity contribution in [2.75, 3.05) is 25.4 Å². The number of nitrogen functional groups attached to an aromatic ring is 1. The van der Waals surface area contributed by atoms with Gasteiger partial charge in [-0.1, -0.05) is 60.7 Å². The molecule has 1 aliphatic heterocycles. The molecule has 3 aromatic rings. The van der Waals surface area contributed by atoms with Crippen molar-refractivity contribution in [3.8, 4) is 11.3 Å². The highest BCUT2D eigenvalue weighted by molar-refractivity contribution is 5.86. The number of piperidine rings is 1. The maximum Gasteiger partial charge on any atom is 0.240 e. The minimum Gasteiger partial charge on any atom is -0.384 e. The van der Waals surface area contributed by atoms with E-state index in [9.17, 15) is 4.79 Å². The zero-order valence-electron chi connectivity index (χ0n) is 18.3. The highest BCUT2D eigenvalue weighted by atomic mass is 16.2. The van der Waals surface area contributed by atoms with Gasteiger partial charge in [0.2, 0.25) is 5.91 Å². The number of likely N-dealkylation sites (tertiary alicyclic amines) is 1. The molecule has 2 heterocycles. The average Bonchev–Trinajstić information content (AvgIpc) is 2.83. The Bertz CT molecular complexity index is 1030. The Morgan fingerprint density at radius 2 is 1.66 bits per heavy atom. The van der Waals surface area contributed by atoms with Crippen molar-refractivity contribution in [2.24, 2.45) is 5.73 Å². The molecular formula is C26H31N5O. The van der Waals surface area contributed by atoms with Crippen LogP contribution in [0.1, 0.15) is 24.0 Å². The summed E-state index contributed by atoms with van der Waals surface area (Å²) in [5.74, 6) is 0.480. The average molecular weight is 430 g/mol. The zero-order valence-corrected chi connectivity index (χ0v) is 18.3. The summed E-state index contributed by atoms with van der Waals surface area (Å²) in [6.45, 7) is 3.14. The number of rotatable bonds is 7. The van der Waals surface area contributed by atoms with Crippen LogP contribution in [-0.2, 0) is 17.8 Å². The number of benzene rings is 2. The Morgan fingerprint density at radius 1 is 0.938 bits per heavy atom. The lowest BCUT2D eigenvalue weighted by Gasteiger charge is -2.38. The number of hydrogen-bond acceptors (Lipinski definition) is 5. The summed E-state index contributed by atoms with van der Waals surface area (Å²) in [5.41, 5.74) is 15.8. The van der Waals surface area contributed by atoms with E-state index in [1.807, 2.05) is 42.5 Å². The molecule has 1 saturated heterocycles. The second-order valence-electron chi connectivity index (χ2n) is 8.56. The molecular weight excluding hydrogens is 398 g/mol. The molecule has 1 aliphatic rings. The standard InChI is InChI=1S/C26H31N5O/c27-24-8-4-7-23(30-24)22-11-9-20(10-12-22)13-16-31-17-14-26(28,15-18-31)25(32)29-19-21-5-2-1-3-6-21/h1-12H,13-19,28H2,(H2,27,30)(H,29,32). The fourth-order valence-electron chi connectivity index (χ4n) is 4.10. The number of aromatic nitrogens is 1. The predicted molar refractivity (Wildman–Crippen MR) is 129 cm³/mol. The first-order valence-electron chi connectivity index (χ1n) is 11.2. The van der Waals surface area contributed by atoms with Gasteiger partial charge in [0.05, 0.1) is 11.2 Å². The largest absolute Gasteiger partial charge is 0.384 e. The summed E-state index contributed by atoms with van der Waals surface area (Å²) in [4.78, 5) is 19.4. The van der Waals surface area contributed by atoms with Crippen molar-refractivity contribution in [1.82, 2.24) is 15.2 Å².